The third-order valence-electron chi connectivity index (χ3n) is 4.16. The standard InChI is InChI=1S/C23H17Cl3N4O4/c24-15-6-8-16(9-7-15)28-20(31)13-34-17-10-4-14(5-11-17)12-27-30-23(33)22(32)29-19-3-1-2-18(25)21(19)26/h1-12H,13H2,(H,28,31)(H,29,32)(H,30,33)/b27-12-. The number of nitrogens with zero attached hydrogens (tertiary/aromatic N) is 1. The topological polar surface area (TPSA) is 109 Å². The predicted molar refractivity (Wildman–Crippen MR) is 133 cm³/mol. The summed E-state index contributed by atoms with van der Waals surface area (Å²) in [6.07, 6.45) is 1.34. The Morgan fingerprint density at radius 2 is 1.56 bits per heavy atom. The molecule has 0 fully saturated rings. The van der Waals surface area contributed by atoms with Crippen molar-refractivity contribution in [3.8, 4) is 5.75 Å². The van der Waals surface area contributed by atoms with Gasteiger partial charge in [0.1, 0.15) is 5.75 Å². The average molecular weight is 520 g/mol. The molecule has 0 aromatic heterocycles. The predicted octanol–water partition coefficient (Wildman–Crippen LogP) is 4.75. The third-order valence-corrected chi connectivity index (χ3v) is 5.23. The second kappa shape index (κ2) is 12.0. The molecule has 3 N–H and O–H groups in total. The highest BCUT2D eigenvalue weighted by atomic mass is 35.5. The minimum atomic E-state index is -0.987. The van der Waals surface area contributed by atoms with Crippen LogP contribution in [0.1, 0.15) is 5.56 Å². The Hall–Kier alpha value is -3.59. The van der Waals surface area contributed by atoms with Gasteiger partial charge in [0.15, 0.2) is 6.61 Å². The Morgan fingerprint density at radius 3 is 2.26 bits per heavy atom. The van der Waals surface area contributed by atoms with Crippen LogP contribution in [-0.4, -0.2) is 30.5 Å². The van der Waals surface area contributed by atoms with Gasteiger partial charge in [-0.2, -0.15) is 5.10 Å². The number of carbonyl (C=O) groups excluding carboxylic acids is 3. The average Bonchev–Trinajstić information content (AvgIpc) is 2.83. The van der Waals surface area contributed by atoms with E-state index in [-0.39, 0.29) is 28.2 Å². The molecular weight excluding hydrogens is 503 g/mol. The van der Waals surface area contributed by atoms with Crippen molar-refractivity contribution in [1.29, 1.82) is 0 Å². The number of hydrogen-bond acceptors (Lipinski definition) is 5. The summed E-state index contributed by atoms with van der Waals surface area (Å²) in [5.41, 5.74) is 3.55. The molecule has 0 aliphatic heterocycles. The molecule has 0 aliphatic rings. The molecule has 0 saturated heterocycles. The number of nitrogens with one attached hydrogen (secondary N) is 3. The maximum atomic E-state index is 12.0. The maximum absolute atomic E-state index is 12.0. The molecule has 3 aromatic rings. The van der Waals surface area contributed by atoms with Crippen molar-refractivity contribution in [3.63, 3.8) is 0 Å². The van der Waals surface area contributed by atoms with E-state index < -0.39 is 11.8 Å². The Labute approximate surface area is 209 Å². The molecule has 3 aromatic carbocycles. The van der Waals surface area contributed by atoms with E-state index in [9.17, 15) is 14.4 Å². The first-order valence-electron chi connectivity index (χ1n) is 9.68. The Bertz CT molecular complexity index is 1220. The van der Waals surface area contributed by atoms with Gasteiger partial charge in [0.05, 0.1) is 21.9 Å². The van der Waals surface area contributed by atoms with Crippen molar-refractivity contribution < 1.29 is 19.1 Å². The fraction of sp³-hybridized carbons (Fsp3) is 0.0435. The summed E-state index contributed by atoms with van der Waals surface area (Å²) >= 11 is 17.7. The molecule has 11 heteroatoms. The number of rotatable bonds is 7. The van der Waals surface area contributed by atoms with Crippen LogP contribution in [0.5, 0.6) is 5.75 Å². The largest absolute Gasteiger partial charge is 0.484 e. The minimum Gasteiger partial charge on any atom is -0.484 e. The second-order valence-corrected chi connectivity index (χ2v) is 7.89. The number of halogens is 3. The van der Waals surface area contributed by atoms with Crippen molar-refractivity contribution in [2.24, 2.45) is 5.10 Å². The summed E-state index contributed by atoms with van der Waals surface area (Å²) in [4.78, 5) is 35.8. The lowest BCUT2D eigenvalue weighted by Crippen LogP contribution is -2.32. The summed E-state index contributed by atoms with van der Waals surface area (Å²) in [7, 11) is 0. The van der Waals surface area contributed by atoms with Crippen LogP contribution in [0.4, 0.5) is 11.4 Å². The van der Waals surface area contributed by atoms with Gasteiger partial charge in [-0.3, -0.25) is 14.4 Å². The number of carbonyl (C=O) groups is 3. The lowest BCUT2D eigenvalue weighted by molar-refractivity contribution is -0.136. The number of hydrazone groups is 1. The summed E-state index contributed by atoms with van der Waals surface area (Å²) in [6.45, 7) is -0.183. The highest BCUT2D eigenvalue weighted by Gasteiger charge is 2.15. The molecule has 3 rings (SSSR count). The van der Waals surface area contributed by atoms with Crippen LogP contribution in [0.25, 0.3) is 0 Å². The van der Waals surface area contributed by atoms with E-state index >= 15 is 0 Å². The molecule has 0 radical (unpaired) electrons. The van der Waals surface area contributed by atoms with Gasteiger partial charge < -0.3 is 15.4 Å². The third kappa shape index (κ3) is 7.48. The van der Waals surface area contributed by atoms with Crippen LogP contribution in [0.15, 0.2) is 71.8 Å². The molecule has 0 bridgehead atoms. The van der Waals surface area contributed by atoms with Crippen LogP contribution in [0, 0.1) is 0 Å². The van der Waals surface area contributed by atoms with Gasteiger partial charge in [-0.05, 0) is 66.2 Å². The highest BCUT2D eigenvalue weighted by molar-refractivity contribution is 6.45. The molecule has 0 saturated carbocycles. The summed E-state index contributed by atoms with van der Waals surface area (Å²) in [5.74, 6) is -1.81. The minimum absolute atomic E-state index is 0.124. The van der Waals surface area contributed by atoms with Crippen molar-refractivity contribution in [3.05, 3.63) is 87.4 Å². The SMILES string of the molecule is O=C(COc1ccc(/C=N\NC(=O)C(=O)Nc2cccc(Cl)c2Cl)cc1)Nc1ccc(Cl)cc1. The van der Waals surface area contributed by atoms with Crippen LogP contribution in [0.2, 0.25) is 15.1 Å². The quantitative estimate of drug-likeness (QED) is 0.238. The van der Waals surface area contributed by atoms with Gasteiger partial charge in [0.25, 0.3) is 5.91 Å². The van der Waals surface area contributed by atoms with Gasteiger partial charge in [-0.15, -0.1) is 0 Å². The van der Waals surface area contributed by atoms with Crippen LogP contribution < -0.4 is 20.8 Å². The van der Waals surface area contributed by atoms with Crippen molar-refractivity contribution in [1.82, 2.24) is 5.43 Å². The fourth-order valence-corrected chi connectivity index (χ4v) is 3.00. The number of hydrogen-bond donors (Lipinski definition) is 3. The molecule has 0 aliphatic carbocycles. The van der Waals surface area contributed by atoms with Crippen LogP contribution >= 0.6 is 34.8 Å². The van der Waals surface area contributed by atoms with E-state index in [4.69, 9.17) is 39.5 Å². The van der Waals surface area contributed by atoms with E-state index in [1.807, 2.05) is 0 Å². The van der Waals surface area contributed by atoms with Gasteiger partial charge in [0.2, 0.25) is 0 Å². The summed E-state index contributed by atoms with van der Waals surface area (Å²) in [5, 5.41) is 9.72. The summed E-state index contributed by atoms with van der Waals surface area (Å²) in [6, 6.07) is 17.9. The molecule has 0 atom stereocenters. The molecular formula is C23H17Cl3N4O4. The zero-order chi connectivity index (χ0) is 24.5. The lowest BCUT2D eigenvalue weighted by Gasteiger charge is -2.08. The number of benzene rings is 3. The summed E-state index contributed by atoms with van der Waals surface area (Å²) < 4.78 is 5.44. The number of anilines is 2. The van der Waals surface area contributed by atoms with Gasteiger partial charge in [0, 0.05) is 10.7 Å². The number of amides is 3. The van der Waals surface area contributed by atoms with Crippen molar-refractivity contribution >= 4 is 70.1 Å². The molecule has 174 valence electrons. The zero-order valence-corrected chi connectivity index (χ0v) is 19.6. The smallest absolute Gasteiger partial charge is 0.329 e. The first-order chi connectivity index (χ1) is 16.3. The molecule has 3 amide bonds. The zero-order valence-electron chi connectivity index (χ0n) is 17.3. The van der Waals surface area contributed by atoms with E-state index in [1.54, 1.807) is 60.7 Å². The Kier molecular flexibility index (Phi) is 8.86. The first kappa shape index (κ1) is 25.0. The van der Waals surface area contributed by atoms with Gasteiger partial charge >= 0.3 is 11.8 Å². The number of ether oxygens (including phenoxy) is 1. The van der Waals surface area contributed by atoms with E-state index in [0.717, 1.165) is 0 Å². The highest BCUT2D eigenvalue weighted by Crippen LogP contribution is 2.29. The molecule has 0 heterocycles. The second-order valence-electron chi connectivity index (χ2n) is 6.67. The van der Waals surface area contributed by atoms with E-state index in [2.05, 4.69) is 21.2 Å². The van der Waals surface area contributed by atoms with E-state index in [0.29, 0.717) is 22.0 Å². The van der Waals surface area contributed by atoms with Crippen molar-refractivity contribution in [2.45, 2.75) is 0 Å². The molecule has 0 unspecified atom stereocenters. The fourth-order valence-electron chi connectivity index (χ4n) is 2.52. The monoisotopic (exact) mass is 518 g/mol. The first-order valence-corrected chi connectivity index (χ1v) is 10.8. The molecule has 34 heavy (non-hydrogen) atoms. The van der Waals surface area contributed by atoms with Crippen LogP contribution in [0.3, 0.4) is 0 Å². The van der Waals surface area contributed by atoms with Gasteiger partial charge in [-0.25, -0.2) is 5.43 Å². The molecule has 8 nitrogen and oxygen atoms in total. The van der Waals surface area contributed by atoms with Gasteiger partial charge in [-0.1, -0.05) is 40.9 Å². The van der Waals surface area contributed by atoms with Crippen molar-refractivity contribution in [2.75, 3.05) is 17.2 Å². The Balaban J connectivity index is 1.44. The normalized spacial score (nSPS) is 10.6. The Morgan fingerprint density at radius 1 is 0.853 bits per heavy atom. The lowest BCUT2D eigenvalue weighted by atomic mass is 10.2. The van der Waals surface area contributed by atoms with Crippen LogP contribution in [-0.2, 0) is 14.4 Å². The maximum Gasteiger partial charge on any atom is 0.329 e. The van der Waals surface area contributed by atoms with E-state index in [1.165, 1.54) is 12.3 Å². The molecule has 0 spiro atoms.